The highest BCUT2D eigenvalue weighted by Crippen LogP contribution is 2.26. The normalized spacial score (nSPS) is 17.4. The minimum Gasteiger partial charge on any atom is -0.491 e. The van der Waals surface area contributed by atoms with Gasteiger partial charge in [0.15, 0.2) is 0 Å². The first-order valence-corrected chi connectivity index (χ1v) is 9.06. The van der Waals surface area contributed by atoms with E-state index < -0.39 is 0 Å². The second kappa shape index (κ2) is 7.72. The maximum Gasteiger partial charge on any atom is 0.253 e. The zero-order chi connectivity index (χ0) is 18.7. The van der Waals surface area contributed by atoms with Gasteiger partial charge in [0, 0.05) is 30.6 Å². The quantitative estimate of drug-likeness (QED) is 0.915. The zero-order valence-corrected chi connectivity index (χ0v) is 15.5. The van der Waals surface area contributed by atoms with Crippen molar-refractivity contribution >= 4 is 5.91 Å². The molecule has 2 heterocycles. The number of aryl methyl sites for hydroxylation is 1. The van der Waals surface area contributed by atoms with Crippen LogP contribution in [-0.2, 0) is 0 Å². The largest absolute Gasteiger partial charge is 0.491 e. The molecule has 0 spiro atoms. The molecule has 0 bridgehead atoms. The van der Waals surface area contributed by atoms with Crippen molar-refractivity contribution in [3.63, 3.8) is 0 Å². The van der Waals surface area contributed by atoms with Crippen molar-refractivity contribution in [2.45, 2.75) is 45.6 Å². The van der Waals surface area contributed by atoms with Crippen LogP contribution in [0.2, 0.25) is 0 Å². The van der Waals surface area contributed by atoms with Gasteiger partial charge >= 0.3 is 0 Å². The molecule has 0 aliphatic carbocycles. The van der Waals surface area contributed by atoms with Crippen LogP contribution in [0.5, 0.6) is 5.75 Å². The Morgan fingerprint density at radius 2 is 2.04 bits per heavy atom. The molecule has 26 heavy (non-hydrogen) atoms. The van der Waals surface area contributed by atoms with Gasteiger partial charge in [-0.3, -0.25) is 9.59 Å². The van der Waals surface area contributed by atoms with Crippen LogP contribution < -0.4 is 10.3 Å². The van der Waals surface area contributed by atoms with Crippen LogP contribution in [0.3, 0.4) is 0 Å². The SMILES string of the molecule is Cc1nc(C2CCCN(C(=O)c3ccc(OC(C)C)cc3)C2)cc(=O)[nH]1. The van der Waals surface area contributed by atoms with E-state index in [4.69, 9.17) is 4.74 Å². The molecule has 0 radical (unpaired) electrons. The molecule has 1 aromatic carbocycles. The molecule has 1 N–H and O–H groups in total. The number of nitrogens with one attached hydrogen (secondary N) is 1. The maximum absolute atomic E-state index is 12.8. The smallest absolute Gasteiger partial charge is 0.253 e. The van der Waals surface area contributed by atoms with E-state index in [1.165, 1.54) is 0 Å². The lowest BCUT2D eigenvalue weighted by Gasteiger charge is -2.32. The summed E-state index contributed by atoms with van der Waals surface area (Å²) in [6.45, 7) is 7.02. The number of aromatic amines is 1. The Bertz CT molecular complexity index is 827. The molecule has 1 fully saturated rings. The van der Waals surface area contributed by atoms with E-state index >= 15 is 0 Å². The molecule has 0 saturated carbocycles. The highest BCUT2D eigenvalue weighted by Gasteiger charge is 2.26. The summed E-state index contributed by atoms with van der Waals surface area (Å²) in [7, 11) is 0. The van der Waals surface area contributed by atoms with E-state index in [2.05, 4.69) is 9.97 Å². The summed E-state index contributed by atoms with van der Waals surface area (Å²) in [4.78, 5) is 33.5. The number of rotatable bonds is 4. The molecular formula is C20H25N3O3. The minimum absolute atomic E-state index is 0.00681. The number of ether oxygens (including phenoxy) is 1. The molecule has 1 atom stereocenters. The number of amides is 1. The Balaban J connectivity index is 1.72. The third-order valence-electron chi connectivity index (χ3n) is 4.48. The summed E-state index contributed by atoms with van der Waals surface area (Å²) < 4.78 is 5.63. The summed E-state index contributed by atoms with van der Waals surface area (Å²) in [6, 6.07) is 8.81. The first-order valence-electron chi connectivity index (χ1n) is 9.06. The highest BCUT2D eigenvalue weighted by atomic mass is 16.5. The van der Waals surface area contributed by atoms with Crippen molar-refractivity contribution in [1.29, 1.82) is 0 Å². The van der Waals surface area contributed by atoms with E-state index in [0.29, 0.717) is 17.9 Å². The highest BCUT2D eigenvalue weighted by molar-refractivity contribution is 5.94. The minimum atomic E-state index is -0.142. The fourth-order valence-electron chi connectivity index (χ4n) is 3.35. The number of carbonyl (C=O) groups excluding carboxylic acids is 1. The molecule has 1 unspecified atom stereocenters. The van der Waals surface area contributed by atoms with Crippen LogP contribution >= 0.6 is 0 Å². The fourth-order valence-corrected chi connectivity index (χ4v) is 3.35. The molecule has 6 nitrogen and oxygen atoms in total. The third-order valence-corrected chi connectivity index (χ3v) is 4.48. The lowest BCUT2D eigenvalue weighted by atomic mass is 9.94. The van der Waals surface area contributed by atoms with Crippen LogP contribution in [0.4, 0.5) is 0 Å². The van der Waals surface area contributed by atoms with Crippen molar-refractivity contribution < 1.29 is 9.53 Å². The van der Waals surface area contributed by atoms with Crippen molar-refractivity contribution in [1.82, 2.24) is 14.9 Å². The molecular weight excluding hydrogens is 330 g/mol. The van der Waals surface area contributed by atoms with Gasteiger partial charge in [-0.1, -0.05) is 0 Å². The predicted octanol–water partition coefficient (Wildman–Crippen LogP) is 2.89. The fraction of sp³-hybridized carbons (Fsp3) is 0.450. The van der Waals surface area contributed by atoms with E-state index in [1.54, 1.807) is 25.1 Å². The molecule has 1 aliphatic heterocycles. The van der Waals surface area contributed by atoms with Crippen LogP contribution in [-0.4, -0.2) is 40.0 Å². The third kappa shape index (κ3) is 4.31. The van der Waals surface area contributed by atoms with Gasteiger partial charge in [0.2, 0.25) is 0 Å². The molecule has 1 saturated heterocycles. The van der Waals surface area contributed by atoms with Gasteiger partial charge in [0.05, 0.1) is 11.8 Å². The van der Waals surface area contributed by atoms with Crippen molar-refractivity contribution in [2.24, 2.45) is 0 Å². The molecule has 138 valence electrons. The van der Waals surface area contributed by atoms with E-state index in [-0.39, 0.29) is 23.5 Å². The lowest BCUT2D eigenvalue weighted by molar-refractivity contribution is 0.0706. The molecule has 1 aromatic heterocycles. The Morgan fingerprint density at radius 3 is 2.69 bits per heavy atom. The van der Waals surface area contributed by atoms with Crippen LogP contribution in [0.15, 0.2) is 35.1 Å². The topological polar surface area (TPSA) is 75.3 Å². The van der Waals surface area contributed by atoms with E-state index in [9.17, 15) is 9.59 Å². The van der Waals surface area contributed by atoms with Crippen molar-refractivity contribution in [3.8, 4) is 5.75 Å². The van der Waals surface area contributed by atoms with Crippen molar-refractivity contribution in [3.05, 3.63) is 57.8 Å². The molecule has 1 aliphatic rings. The van der Waals surface area contributed by atoms with Crippen molar-refractivity contribution in [2.75, 3.05) is 13.1 Å². The van der Waals surface area contributed by atoms with Crippen LogP contribution in [0.25, 0.3) is 0 Å². The summed E-state index contributed by atoms with van der Waals surface area (Å²) in [5, 5.41) is 0. The standard InChI is InChI=1S/C20H25N3O3/c1-13(2)26-17-8-6-15(7-9-17)20(25)23-10-4-5-16(12-23)18-11-19(24)22-14(3)21-18/h6-9,11,13,16H,4-5,10,12H2,1-3H3,(H,21,22,24). The van der Waals surface area contributed by atoms with Gasteiger partial charge < -0.3 is 14.6 Å². The first-order chi connectivity index (χ1) is 12.4. The lowest BCUT2D eigenvalue weighted by Crippen LogP contribution is -2.39. The van der Waals surface area contributed by atoms with Gasteiger partial charge in [-0.2, -0.15) is 0 Å². The summed E-state index contributed by atoms with van der Waals surface area (Å²) in [6.07, 6.45) is 1.93. The molecule has 2 aromatic rings. The molecule has 3 rings (SSSR count). The number of nitrogens with zero attached hydrogens (tertiary/aromatic N) is 2. The Kier molecular flexibility index (Phi) is 5.40. The maximum atomic E-state index is 12.8. The number of carbonyl (C=O) groups is 1. The second-order valence-corrected chi connectivity index (χ2v) is 7.04. The van der Waals surface area contributed by atoms with Gasteiger partial charge in [-0.25, -0.2) is 4.98 Å². The van der Waals surface area contributed by atoms with Gasteiger partial charge in [-0.15, -0.1) is 0 Å². The summed E-state index contributed by atoms with van der Waals surface area (Å²) in [5.74, 6) is 1.47. The average Bonchev–Trinajstić information content (AvgIpc) is 2.60. The number of likely N-dealkylation sites (tertiary alicyclic amines) is 1. The number of benzene rings is 1. The average molecular weight is 355 g/mol. The van der Waals surface area contributed by atoms with Gasteiger partial charge in [-0.05, 0) is 57.9 Å². The number of aromatic nitrogens is 2. The number of piperidine rings is 1. The molecule has 1 amide bonds. The summed E-state index contributed by atoms with van der Waals surface area (Å²) in [5.41, 5.74) is 1.28. The zero-order valence-electron chi connectivity index (χ0n) is 15.5. The monoisotopic (exact) mass is 355 g/mol. The van der Waals surface area contributed by atoms with Gasteiger partial charge in [0.1, 0.15) is 11.6 Å². The number of hydrogen-bond donors (Lipinski definition) is 1. The van der Waals surface area contributed by atoms with Crippen LogP contribution in [0, 0.1) is 6.92 Å². The Morgan fingerprint density at radius 1 is 1.31 bits per heavy atom. The number of H-pyrrole nitrogens is 1. The Labute approximate surface area is 153 Å². The predicted molar refractivity (Wildman–Crippen MR) is 99.7 cm³/mol. The van der Waals surface area contributed by atoms with Gasteiger partial charge in [0.25, 0.3) is 11.5 Å². The summed E-state index contributed by atoms with van der Waals surface area (Å²) >= 11 is 0. The van der Waals surface area contributed by atoms with E-state index in [0.717, 1.165) is 30.8 Å². The number of hydrogen-bond acceptors (Lipinski definition) is 4. The second-order valence-electron chi connectivity index (χ2n) is 7.04. The van der Waals surface area contributed by atoms with Crippen LogP contribution in [0.1, 0.15) is 54.5 Å². The Hall–Kier alpha value is -2.63. The molecule has 6 heteroatoms. The first kappa shape index (κ1) is 18.2. The van der Waals surface area contributed by atoms with E-state index in [1.807, 2.05) is 30.9 Å².